The summed E-state index contributed by atoms with van der Waals surface area (Å²) in [4.78, 5) is 39.7. The van der Waals surface area contributed by atoms with Crippen LogP contribution in [-0.2, 0) is 4.79 Å². The second kappa shape index (κ2) is 12.7. The normalized spacial score (nSPS) is 19.8. The first-order valence-corrected chi connectivity index (χ1v) is 15.6. The molecule has 0 saturated carbocycles. The summed E-state index contributed by atoms with van der Waals surface area (Å²) in [5, 5.41) is 9.28. The molecular formula is C32H30Cl3F2N7O2. The van der Waals surface area contributed by atoms with Crippen LogP contribution >= 0.6 is 34.8 Å². The predicted octanol–water partition coefficient (Wildman–Crippen LogP) is 6.78. The molecule has 3 atom stereocenters. The van der Waals surface area contributed by atoms with Gasteiger partial charge in [0, 0.05) is 48.9 Å². The molecule has 5 rings (SSSR count). The molecule has 1 saturated heterocycles. The van der Waals surface area contributed by atoms with Crippen LogP contribution in [0.2, 0.25) is 15.1 Å². The number of nitrogen functional groups attached to an aromatic ring is 1. The summed E-state index contributed by atoms with van der Waals surface area (Å²) in [5.41, 5.74) is 4.74. The van der Waals surface area contributed by atoms with E-state index in [2.05, 4.69) is 17.6 Å². The molecule has 2 unspecified atom stereocenters. The van der Waals surface area contributed by atoms with E-state index in [0.717, 1.165) is 0 Å². The quantitative estimate of drug-likeness (QED) is 0.137. The highest BCUT2D eigenvalue weighted by molar-refractivity contribution is 6.39. The van der Waals surface area contributed by atoms with Gasteiger partial charge in [-0.2, -0.15) is 5.26 Å². The van der Waals surface area contributed by atoms with Crippen LogP contribution in [0, 0.1) is 34.8 Å². The first kappa shape index (κ1) is 33.4. The molecule has 1 fully saturated rings. The molecule has 1 aromatic carbocycles. The molecule has 14 heteroatoms. The lowest BCUT2D eigenvalue weighted by Gasteiger charge is -2.41. The highest BCUT2D eigenvalue weighted by atomic mass is 35.5. The van der Waals surface area contributed by atoms with Gasteiger partial charge in [-0.05, 0) is 25.0 Å². The number of benzene rings is 1. The van der Waals surface area contributed by atoms with Crippen molar-refractivity contribution >= 4 is 68.8 Å². The number of rotatable bonds is 5. The maximum Gasteiger partial charge on any atom is 0.272 e. The minimum Gasteiger partial charge on any atom is -0.395 e. The van der Waals surface area contributed by atoms with E-state index in [-0.39, 0.29) is 64.5 Å². The first-order chi connectivity index (χ1) is 21.7. The Morgan fingerprint density at radius 3 is 2.50 bits per heavy atom. The van der Waals surface area contributed by atoms with Crippen molar-refractivity contribution in [2.24, 2.45) is 16.8 Å². The van der Waals surface area contributed by atoms with Gasteiger partial charge in [0.15, 0.2) is 11.6 Å². The molecule has 2 aliphatic rings. The number of allylic oxidation sites excluding steroid dienone is 1. The first-order valence-electron chi connectivity index (χ1n) is 14.5. The Morgan fingerprint density at radius 1 is 1.20 bits per heavy atom. The van der Waals surface area contributed by atoms with Gasteiger partial charge in [0.05, 0.1) is 38.7 Å². The second-order valence-electron chi connectivity index (χ2n) is 11.6. The summed E-state index contributed by atoms with van der Waals surface area (Å²) in [5.74, 6) is -3.07. The third-order valence-electron chi connectivity index (χ3n) is 8.44. The number of pyridine rings is 2. The number of aliphatic imine (C=N–C) groups is 1. The molecule has 4 heterocycles. The summed E-state index contributed by atoms with van der Waals surface area (Å²) in [7, 11) is 0. The smallest absolute Gasteiger partial charge is 0.272 e. The summed E-state index contributed by atoms with van der Waals surface area (Å²) in [6.45, 7) is 12.0. The van der Waals surface area contributed by atoms with E-state index in [9.17, 15) is 19.2 Å². The molecule has 2 aliphatic heterocycles. The van der Waals surface area contributed by atoms with Crippen LogP contribution in [0.3, 0.4) is 0 Å². The second-order valence-corrected chi connectivity index (χ2v) is 12.8. The number of fused-ring (bicyclic) bond motifs is 1. The third-order valence-corrected chi connectivity index (χ3v) is 9.45. The molecule has 3 aromatic rings. The SMILES string of the molecule is C=CC(=O)N1CCN(c2c(C#N)c(=O)n(C3C(C(C)C)=NC=CC3C)c3nc(-c4c(F)c(Cl)c(F)c(N)c4Cl)c(Cl)cc23)C[C@H]1C. The highest BCUT2D eigenvalue weighted by Gasteiger charge is 2.36. The van der Waals surface area contributed by atoms with Crippen molar-refractivity contribution in [3.63, 3.8) is 0 Å². The number of carbonyl (C=O) groups is 1. The molecule has 0 radical (unpaired) electrons. The summed E-state index contributed by atoms with van der Waals surface area (Å²) < 4.78 is 31.5. The standard InChI is InChI=1S/C32H30Cl3F2N7O2/c1-6-20(45)43-10-9-42(13-16(43)5)30-17-11-19(33)28(21-22(34)26(39)25(37)23(35)24(21)36)41-31(17)44(32(46)18(30)12-38)29-15(4)7-8-40-27(29)14(2)3/h6-8,11,14-16,29H,1,9-10,13,39H2,2-5H3/t15?,16-,29?/m1/s1. The molecule has 0 spiro atoms. The zero-order valence-corrected chi connectivity index (χ0v) is 27.7. The number of hydrogen-bond acceptors (Lipinski definition) is 7. The van der Waals surface area contributed by atoms with Crippen LogP contribution in [0.25, 0.3) is 22.3 Å². The van der Waals surface area contributed by atoms with Crippen molar-refractivity contribution in [3.05, 3.63) is 73.6 Å². The molecule has 0 bridgehead atoms. The van der Waals surface area contributed by atoms with Crippen molar-refractivity contribution < 1.29 is 13.6 Å². The molecule has 1 amide bonds. The van der Waals surface area contributed by atoms with E-state index in [1.54, 1.807) is 11.1 Å². The number of anilines is 2. The zero-order valence-electron chi connectivity index (χ0n) is 25.4. The van der Waals surface area contributed by atoms with Crippen molar-refractivity contribution in [2.75, 3.05) is 30.3 Å². The largest absolute Gasteiger partial charge is 0.395 e. The van der Waals surface area contributed by atoms with Crippen LogP contribution in [0.4, 0.5) is 20.2 Å². The van der Waals surface area contributed by atoms with Gasteiger partial charge in [-0.25, -0.2) is 13.8 Å². The fourth-order valence-corrected chi connectivity index (χ4v) is 6.89. The molecule has 2 N–H and O–H groups in total. The Bertz CT molecular complexity index is 1940. The lowest BCUT2D eigenvalue weighted by atomic mass is 9.88. The van der Waals surface area contributed by atoms with E-state index in [0.29, 0.717) is 17.6 Å². The van der Waals surface area contributed by atoms with Crippen LogP contribution in [0.15, 0.2) is 40.8 Å². The fraction of sp³-hybridized carbons (Fsp3) is 0.344. The van der Waals surface area contributed by atoms with Gasteiger partial charge >= 0.3 is 0 Å². The van der Waals surface area contributed by atoms with Gasteiger partial charge in [-0.1, -0.05) is 68.2 Å². The Hall–Kier alpha value is -3.98. The minimum absolute atomic E-state index is 0.0608. The average Bonchev–Trinajstić information content (AvgIpc) is 3.02. The number of aromatic nitrogens is 2. The van der Waals surface area contributed by atoms with Gasteiger partial charge in [-0.15, -0.1) is 0 Å². The van der Waals surface area contributed by atoms with Crippen LogP contribution in [0.5, 0.6) is 0 Å². The molecule has 46 heavy (non-hydrogen) atoms. The van der Waals surface area contributed by atoms with Gasteiger partial charge in [0.1, 0.15) is 22.3 Å². The topological polar surface area (TPSA) is 121 Å². The summed E-state index contributed by atoms with van der Waals surface area (Å²) in [6.07, 6.45) is 4.74. The van der Waals surface area contributed by atoms with Gasteiger partial charge in [0.2, 0.25) is 5.91 Å². The van der Waals surface area contributed by atoms with Crippen LogP contribution in [0.1, 0.15) is 39.3 Å². The Kier molecular flexibility index (Phi) is 9.19. The van der Waals surface area contributed by atoms with E-state index >= 15 is 4.39 Å². The lowest BCUT2D eigenvalue weighted by Crippen LogP contribution is -2.54. The third kappa shape index (κ3) is 5.32. The van der Waals surface area contributed by atoms with Gasteiger partial charge < -0.3 is 15.5 Å². The summed E-state index contributed by atoms with van der Waals surface area (Å²) >= 11 is 19.1. The minimum atomic E-state index is -1.23. The van der Waals surface area contributed by atoms with E-state index in [4.69, 9.17) is 45.5 Å². The van der Waals surface area contributed by atoms with Crippen molar-refractivity contribution in [1.82, 2.24) is 14.5 Å². The number of nitrogens with two attached hydrogens (primary N) is 1. The van der Waals surface area contributed by atoms with Gasteiger partial charge in [0.25, 0.3) is 5.56 Å². The zero-order chi connectivity index (χ0) is 33.8. The molecule has 9 nitrogen and oxygen atoms in total. The maximum atomic E-state index is 15.6. The van der Waals surface area contributed by atoms with Crippen molar-refractivity contribution in [2.45, 2.75) is 39.8 Å². The number of nitrogens with zero attached hydrogens (tertiary/aromatic N) is 6. The van der Waals surface area contributed by atoms with E-state index < -0.39 is 44.5 Å². The number of nitriles is 1. The van der Waals surface area contributed by atoms with Crippen molar-refractivity contribution in [3.8, 4) is 17.3 Å². The number of carbonyl (C=O) groups excluding carboxylic acids is 1. The summed E-state index contributed by atoms with van der Waals surface area (Å²) in [6, 6.07) is 2.59. The monoisotopic (exact) mass is 687 g/mol. The maximum absolute atomic E-state index is 15.6. The van der Waals surface area contributed by atoms with E-state index in [1.807, 2.05) is 38.7 Å². The number of amides is 1. The molecular weight excluding hydrogens is 659 g/mol. The van der Waals surface area contributed by atoms with E-state index in [1.165, 1.54) is 16.7 Å². The Labute approximate surface area is 279 Å². The van der Waals surface area contributed by atoms with Crippen LogP contribution < -0.4 is 16.2 Å². The Balaban J connectivity index is 1.89. The molecule has 2 aromatic heterocycles. The highest BCUT2D eigenvalue weighted by Crippen LogP contribution is 2.44. The number of halogens is 5. The number of piperazine rings is 1. The average molecular weight is 689 g/mol. The predicted molar refractivity (Wildman–Crippen MR) is 179 cm³/mol. The van der Waals surface area contributed by atoms with Crippen LogP contribution in [-0.4, -0.2) is 51.7 Å². The lowest BCUT2D eigenvalue weighted by molar-refractivity contribution is -0.128. The van der Waals surface area contributed by atoms with Gasteiger partial charge in [-0.3, -0.25) is 19.1 Å². The van der Waals surface area contributed by atoms with Crippen molar-refractivity contribution in [1.29, 1.82) is 5.26 Å². The Morgan fingerprint density at radius 2 is 1.89 bits per heavy atom. The number of hydrogen-bond donors (Lipinski definition) is 1. The molecule has 240 valence electrons. The fourth-order valence-electron chi connectivity index (χ4n) is 6.19. The molecule has 0 aliphatic carbocycles.